The summed E-state index contributed by atoms with van der Waals surface area (Å²) in [5.41, 5.74) is 3.96. The van der Waals surface area contributed by atoms with Crippen molar-refractivity contribution in [2.45, 2.75) is 33.2 Å². The minimum Gasteiger partial charge on any atom is -0.424 e. The van der Waals surface area contributed by atoms with Crippen molar-refractivity contribution in [2.75, 3.05) is 5.32 Å². The number of H-pyrrole nitrogens is 1. The lowest BCUT2D eigenvalue weighted by Crippen LogP contribution is -2.22. The molecule has 0 fully saturated rings. The Kier molecular flexibility index (Phi) is 3.91. The number of rotatable bonds is 5. The molecule has 2 aromatic heterocycles. The number of nitrogens with zero attached hydrogens (tertiary/aromatic N) is 2. The molecule has 0 saturated carbocycles. The van der Waals surface area contributed by atoms with Gasteiger partial charge in [-0.05, 0) is 30.5 Å². The van der Waals surface area contributed by atoms with Crippen LogP contribution in [0.15, 0.2) is 33.5 Å². The molecule has 2 heterocycles. The lowest BCUT2D eigenvalue weighted by atomic mass is 10.0. The third-order valence-electron chi connectivity index (χ3n) is 3.68. The normalized spacial score (nSPS) is 11.0. The second-order valence-corrected chi connectivity index (χ2v) is 5.00. The first kappa shape index (κ1) is 14.3. The number of aromatic nitrogens is 3. The van der Waals surface area contributed by atoms with Crippen LogP contribution in [0, 0.1) is 0 Å². The van der Waals surface area contributed by atoms with E-state index in [1.165, 1.54) is 0 Å². The molecule has 0 unspecified atom stereocenters. The summed E-state index contributed by atoms with van der Waals surface area (Å²) in [4.78, 5) is 16.4. The Morgan fingerprint density at radius 1 is 1.18 bits per heavy atom. The third kappa shape index (κ3) is 2.59. The predicted molar refractivity (Wildman–Crippen MR) is 84.9 cm³/mol. The van der Waals surface area contributed by atoms with Crippen molar-refractivity contribution in [1.29, 1.82) is 0 Å². The first-order valence-corrected chi connectivity index (χ1v) is 7.41. The Morgan fingerprint density at radius 3 is 2.73 bits per heavy atom. The van der Waals surface area contributed by atoms with E-state index in [2.05, 4.69) is 20.5 Å². The van der Waals surface area contributed by atoms with Gasteiger partial charge in [-0.25, -0.2) is 5.10 Å². The lowest BCUT2D eigenvalue weighted by Gasteiger charge is -2.10. The minimum atomic E-state index is -0.169. The maximum absolute atomic E-state index is 12.1. The number of hydrogen-bond donors (Lipinski definition) is 2. The molecular weight excluding hydrogens is 280 g/mol. The number of benzene rings is 1. The van der Waals surface area contributed by atoms with E-state index in [-0.39, 0.29) is 5.56 Å². The molecule has 2 N–H and O–H groups in total. The number of anilines is 1. The van der Waals surface area contributed by atoms with Crippen LogP contribution >= 0.6 is 0 Å². The third-order valence-corrected chi connectivity index (χ3v) is 3.68. The van der Waals surface area contributed by atoms with Gasteiger partial charge in [-0.2, -0.15) is 10.1 Å². The Bertz CT molecular complexity index is 818. The summed E-state index contributed by atoms with van der Waals surface area (Å²) in [5, 5.41) is 9.77. The Balaban J connectivity index is 1.88. The highest BCUT2D eigenvalue weighted by Crippen LogP contribution is 2.19. The fourth-order valence-electron chi connectivity index (χ4n) is 2.57. The van der Waals surface area contributed by atoms with Crippen LogP contribution in [-0.2, 0) is 19.4 Å². The molecule has 1 aromatic carbocycles. The molecular formula is C16H18N4O2. The van der Waals surface area contributed by atoms with E-state index in [1.54, 1.807) is 0 Å². The molecule has 22 heavy (non-hydrogen) atoms. The second-order valence-electron chi connectivity index (χ2n) is 5.00. The minimum absolute atomic E-state index is 0.169. The van der Waals surface area contributed by atoms with Gasteiger partial charge in [-0.3, -0.25) is 4.79 Å². The zero-order valence-corrected chi connectivity index (χ0v) is 12.6. The molecule has 0 bridgehead atoms. The van der Waals surface area contributed by atoms with Crippen LogP contribution in [0.1, 0.15) is 30.7 Å². The molecule has 0 saturated heterocycles. The SMILES string of the molecule is CCc1n[nH]c(=O)c(CNc2nc3ccccc3o2)c1CC. The average Bonchev–Trinajstić information content (AvgIpc) is 2.96. The molecule has 0 atom stereocenters. The maximum Gasteiger partial charge on any atom is 0.295 e. The van der Waals surface area contributed by atoms with Gasteiger partial charge in [0.05, 0.1) is 12.2 Å². The molecule has 3 rings (SSSR count). The zero-order valence-electron chi connectivity index (χ0n) is 12.6. The molecule has 0 amide bonds. The van der Waals surface area contributed by atoms with Crippen molar-refractivity contribution in [3.8, 4) is 0 Å². The molecule has 6 heteroatoms. The van der Waals surface area contributed by atoms with Crippen LogP contribution in [0.4, 0.5) is 6.01 Å². The van der Waals surface area contributed by atoms with Gasteiger partial charge in [0.1, 0.15) is 5.52 Å². The van der Waals surface area contributed by atoms with E-state index in [0.717, 1.165) is 35.2 Å². The van der Waals surface area contributed by atoms with Gasteiger partial charge >= 0.3 is 0 Å². The molecule has 0 aliphatic rings. The predicted octanol–water partition coefficient (Wildman–Crippen LogP) is 2.65. The van der Waals surface area contributed by atoms with Crippen LogP contribution < -0.4 is 10.9 Å². The standard InChI is InChI=1S/C16H18N4O2/c1-3-10-11(15(21)20-19-12(10)4-2)9-17-16-18-13-7-5-6-8-14(13)22-16/h5-8H,3-4,9H2,1-2H3,(H,17,18)(H,20,21). The van der Waals surface area contributed by atoms with E-state index in [1.807, 2.05) is 38.1 Å². The van der Waals surface area contributed by atoms with Crippen molar-refractivity contribution in [3.63, 3.8) is 0 Å². The van der Waals surface area contributed by atoms with Gasteiger partial charge in [0.2, 0.25) is 0 Å². The number of fused-ring (bicyclic) bond motifs is 1. The number of aryl methyl sites for hydroxylation is 1. The summed E-state index contributed by atoms with van der Waals surface area (Å²) < 4.78 is 5.61. The smallest absolute Gasteiger partial charge is 0.295 e. The van der Waals surface area contributed by atoms with E-state index < -0.39 is 0 Å². The van der Waals surface area contributed by atoms with E-state index in [9.17, 15) is 4.79 Å². The quantitative estimate of drug-likeness (QED) is 0.756. The van der Waals surface area contributed by atoms with Gasteiger partial charge in [0.15, 0.2) is 5.58 Å². The Hall–Kier alpha value is -2.63. The molecule has 0 aliphatic heterocycles. The molecule has 0 radical (unpaired) electrons. The lowest BCUT2D eigenvalue weighted by molar-refractivity contribution is 0.613. The van der Waals surface area contributed by atoms with Gasteiger partial charge in [-0.15, -0.1) is 0 Å². The molecule has 0 spiro atoms. The van der Waals surface area contributed by atoms with Crippen LogP contribution in [0.5, 0.6) is 0 Å². The van der Waals surface area contributed by atoms with Crippen LogP contribution in [0.25, 0.3) is 11.1 Å². The number of nitrogens with one attached hydrogen (secondary N) is 2. The Labute approximate surface area is 127 Å². The van der Waals surface area contributed by atoms with E-state index >= 15 is 0 Å². The fraction of sp³-hybridized carbons (Fsp3) is 0.312. The van der Waals surface area contributed by atoms with Gasteiger partial charge in [-0.1, -0.05) is 26.0 Å². The molecule has 0 aliphatic carbocycles. The van der Waals surface area contributed by atoms with Crippen LogP contribution in [-0.4, -0.2) is 15.2 Å². The first-order chi connectivity index (χ1) is 10.7. The molecule has 3 aromatic rings. The van der Waals surface area contributed by atoms with Crippen molar-refractivity contribution >= 4 is 17.1 Å². The highest BCUT2D eigenvalue weighted by Gasteiger charge is 2.13. The fourth-order valence-corrected chi connectivity index (χ4v) is 2.57. The van der Waals surface area contributed by atoms with E-state index in [0.29, 0.717) is 18.1 Å². The maximum atomic E-state index is 12.1. The molecule has 114 valence electrons. The number of hydrogen-bond acceptors (Lipinski definition) is 5. The van der Waals surface area contributed by atoms with Crippen molar-refractivity contribution in [1.82, 2.24) is 15.2 Å². The van der Waals surface area contributed by atoms with Gasteiger partial charge < -0.3 is 9.73 Å². The highest BCUT2D eigenvalue weighted by atomic mass is 16.4. The van der Waals surface area contributed by atoms with Crippen molar-refractivity contribution < 1.29 is 4.42 Å². The number of oxazole rings is 1. The summed E-state index contributed by atoms with van der Waals surface area (Å²) in [6.07, 6.45) is 1.56. The summed E-state index contributed by atoms with van der Waals surface area (Å²) >= 11 is 0. The summed E-state index contributed by atoms with van der Waals surface area (Å²) in [5.74, 6) is 0. The van der Waals surface area contributed by atoms with Crippen LogP contribution in [0.2, 0.25) is 0 Å². The Morgan fingerprint density at radius 2 is 2.00 bits per heavy atom. The van der Waals surface area contributed by atoms with Crippen molar-refractivity contribution in [2.24, 2.45) is 0 Å². The van der Waals surface area contributed by atoms with Gasteiger partial charge in [0.25, 0.3) is 11.6 Å². The van der Waals surface area contributed by atoms with E-state index in [4.69, 9.17) is 4.42 Å². The first-order valence-electron chi connectivity index (χ1n) is 7.41. The largest absolute Gasteiger partial charge is 0.424 e. The van der Waals surface area contributed by atoms with Crippen LogP contribution in [0.3, 0.4) is 0 Å². The number of aromatic amines is 1. The van der Waals surface area contributed by atoms with Gasteiger partial charge in [0, 0.05) is 5.56 Å². The summed E-state index contributed by atoms with van der Waals surface area (Å²) in [6, 6.07) is 7.96. The average molecular weight is 298 g/mol. The number of para-hydroxylation sites is 2. The highest BCUT2D eigenvalue weighted by molar-refractivity contribution is 5.74. The zero-order chi connectivity index (χ0) is 15.5. The molecule has 6 nitrogen and oxygen atoms in total. The topological polar surface area (TPSA) is 83.8 Å². The van der Waals surface area contributed by atoms with Crippen molar-refractivity contribution in [3.05, 3.63) is 51.4 Å². The summed E-state index contributed by atoms with van der Waals surface area (Å²) in [7, 11) is 0. The summed E-state index contributed by atoms with van der Waals surface area (Å²) in [6.45, 7) is 4.41. The monoisotopic (exact) mass is 298 g/mol. The second kappa shape index (κ2) is 6.01.